The molecule has 2 N–H and O–H groups in total. The second kappa shape index (κ2) is 6.39. The maximum atomic E-state index is 12.0. The van der Waals surface area contributed by atoms with Crippen molar-refractivity contribution in [3.8, 4) is 0 Å². The molecule has 0 spiro atoms. The molecule has 0 radical (unpaired) electrons. The van der Waals surface area contributed by atoms with Gasteiger partial charge in [-0.3, -0.25) is 4.79 Å². The van der Waals surface area contributed by atoms with Crippen LogP contribution in [0.3, 0.4) is 0 Å². The minimum absolute atomic E-state index is 0.264. The molecule has 1 amide bonds. The first-order valence-electron chi connectivity index (χ1n) is 6.88. The van der Waals surface area contributed by atoms with E-state index in [0.717, 1.165) is 24.8 Å². The van der Waals surface area contributed by atoms with Crippen LogP contribution in [0.2, 0.25) is 0 Å². The van der Waals surface area contributed by atoms with Crippen LogP contribution in [0.1, 0.15) is 40.0 Å². The van der Waals surface area contributed by atoms with Crippen molar-refractivity contribution >= 4 is 5.91 Å². The van der Waals surface area contributed by atoms with E-state index in [9.17, 15) is 4.79 Å². The first kappa shape index (κ1) is 14.5. The van der Waals surface area contributed by atoms with Crippen LogP contribution in [-0.4, -0.2) is 30.9 Å². The molecule has 17 heavy (non-hydrogen) atoms. The minimum atomic E-state index is 0.264. The van der Waals surface area contributed by atoms with Crippen molar-refractivity contribution in [3.05, 3.63) is 0 Å². The maximum Gasteiger partial charge on any atom is 0.222 e. The summed E-state index contributed by atoms with van der Waals surface area (Å²) in [6.07, 6.45) is 2.95. The van der Waals surface area contributed by atoms with Crippen LogP contribution in [0.4, 0.5) is 0 Å². The summed E-state index contributed by atoms with van der Waals surface area (Å²) < 4.78 is 0. The molecule has 0 bridgehead atoms. The van der Waals surface area contributed by atoms with E-state index in [1.807, 2.05) is 11.9 Å². The van der Waals surface area contributed by atoms with Gasteiger partial charge in [0.05, 0.1) is 0 Å². The van der Waals surface area contributed by atoms with Crippen molar-refractivity contribution in [3.63, 3.8) is 0 Å². The van der Waals surface area contributed by atoms with Crippen LogP contribution in [0, 0.1) is 23.7 Å². The minimum Gasteiger partial charge on any atom is -0.345 e. The van der Waals surface area contributed by atoms with Crippen molar-refractivity contribution in [2.24, 2.45) is 29.4 Å². The molecule has 2 unspecified atom stereocenters. The highest BCUT2D eigenvalue weighted by Gasteiger charge is 2.34. The fraction of sp³-hybridized carbons (Fsp3) is 0.929. The normalized spacial score (nSPS) is 24.8. The predicted octanol–water partition coefficient (Wildman–Crippen LogP) is 2.11. The lowest BCUT2D eigenvalue weighted by atomic mass is 9.94. The van der Waals surface area contributed by atoms with Gasteiger partial charge in [-0.05, 0) is 43.1 Å². The maximum absolute atomic E-state index is 12.0. The molecule has 0 aromatic rings. The van der Waals surface area contributed by atoms with Crippen molar-refractivity contribution in [1.82, 2.24) is 4.90 Å². The Bertz CT molecular complexity index is 253. The Kier molecular flexibility index (Phi) is 5.44. The van der Waals surface area contributed by atoms with E-state index >= 15 is 0 Å². The summed E-state index contributed by atoms with van der Waals surface area (Å²) >= 11 is 0. The molecule has 1 aliphatic carbocycles. The van der Waals surface area contributed by atoms with Gasteiger partial charge in [-0.1, -0.05) is 20.8 Å². The Balaban J connectivity index is 2.30. The van der Waals surface area contributed by atoms with Gasteiger partial charge in [0.2, 0.25) is 5.91 Å². The quantitative estimate of drug-likeness (QED) is 0.741. The average Bonchev–Trinajstić information content (AvgIpc) is 2.92. The zero-order chi connectivity index (χ0) is 13.0. The molecule has 0 aliphatic heterocycles. The van der Waals surface area contributed by atoms with E-state index in [1.165, 1.54) is 6.42 Å². The summed E-state index contributed by atoms with van der Waals surface area (Å²) in [6.45, 7) is 8.17. The molecule has 1 saturated carbocycles. The third-order valence-corrected chi connectivity index (χ3v) is 3.81. The van der Waals surface area contributed by atoms with Gasteiger partial charge < -0.3 is 10.6 Å². The topological polar surface area (TPSA) is 46.3 Å². The number of hydrogen-bond donors (Lipinski definition) is 1. The van der Waals surface area contributed by atoms with Crippen molar-refractivity contribution in [2.75, 3.05) is 20.1 Å². The van der Waals surface area contributed by atoms with Crippen LogP contribution < -0.4 is 5.73 Å². The lowest BCUT2D eigenvalue weighted by Gasteiger charge is -2.22. The highest BCUT2D eigenvalue weighted by molar-refractivity contribution is 5.76. The van der Waals surface area contributed by atoms with E-state index in [-0.39, 0.29) is 5.91 Å². The third kappa shape index (κ3) is 5.07. The molecule has 100 valence electrons. The zero-order valence-electron chi connectivity index (χ0n) is 11.8. The van der Waals surface area contributed by atoms with E-state index in [4.69, 9.17) is 5.73 Å². The Labute approximate surface area is 106 Å². The number of amides is 1. The molecule has 3 atom stereocenters. The van der Waals surface area contributed by atoms with E-state index in [2.05, 4.69) is 20.8 Å². The summed E-state index contributed by atoms with van der Waals surface area (Å²) in [7, 11) is 1.93. The largest absolute Gasteiger partial charge is 0.345 e. The summed E-state index contributed by atoms with van der Waals surface area (Å²) in [5.41, 5.74) is 5.73. The van der Waals surface area contributed by atoms with Crippen LogP contribution in [-0.2, 0) is 4.79 Å². The van der Waals surface area contributed by atoms with Crippen molar-refractivity contribution < 1.29 is 4.79 Å². The third-order valence-electron chi connectivity index (χ3n) is 3.81. The van der Waals surface area contributed by atoms with Crippen LogP contribution in [0.15, 0.2) is 0 Å². The molecule has 1 fully saturated rings. The highest BCUT2D eigenvalue weighted by Crippen LogP contribution is 2.38. The lowest BCUT2D eigenvalue weighted by Crippen LogP contribution is -2.32. The number of nitrogens with two attached hydrogens (primary N) is 1. The first-order chi connectivity index (χ1) is 7.93. The molecule has 0 saturated heterocycles. The molecule has 1 aliphatic rings. The highest BCUT2D eigenvalue weighted by atomic mass is 16.2. The second-order valence-corrected chi connectivity index (χ2v) is 6.18. The molecule has 3 nitrogen and oxygen atoms in total. The summed E-state index contributed by atoms with van der Waals surface area (Å²) in [4.78, 5) is 13.9. The van der Waals surface area contributed by atoms with Crippen molar-refractivity contribution in [2.45, 2.75) is 40.0 Å². The van der Waals surface area contributed by atoms with Gasteiger partial charge in [0, 0.05) is 20.0 Å². The van der Waals surface area contributed by atoms with Crippen molar-refractivity contribution in [1.29, 1.82) is 0 Å². The van der Waals surface area contributed by atoms with Gasteiger partial charge in [0.1, 0.15) is 0 Å². The fourth-order valence-electron chi connectivity index (χ4n) is 2.44. The van der Waals surface area contributed by atoms with Gasteiger partial charge in [0.25, 0.3) is 0 Å². The van der Waals surface area contributed by atoms with Gasteiger partial charge in [-0.15, -0.1) is 0 Å². The predicted molar refractivity (Wildman–Crippen MR) is 71.5 cm³/mol. The first-order valence-corrected chi connectivity index (χ1v) is 6.88. The molecule has 0 aromatic heterocycles. The Morgan fingerprint density at radius 1 is 1.47 bits per heavy atom. The molecular weight excluding hydrogens is 212 g/mol. The van der Waals surface area contributed by atoms with E-state index < -0.39 is 0 Å². The van der Waals surface area contributed by atoms with Crippen LogP contribution in [0.5, 0.6) is 0 Å². The Morgan fingerprint density at radius 3 is 2.47 bits per heavy atom. The van der Waals surface area contributed by atoms with Gasteiger partial charge in [0.15, 0.2) is 0 Å². The second-order valence-electron chi connectivity index (χ2n) is 6.18. The summed E-state index contributed by atoms with van der Waals surface area (Å²) in [5, 5.41) is 0. The summed E-state index contributed by atoms with van der Waals surface area (Å²) in [6, 6.07) is 0. The van der Waals surface area contributed by atoms with Gasteiger partial charge in [-0.2, -0.15) is 0 Å². The molecule has 0 aromatic carbocycles. The average molecular weight is 240 g/mol. The number of rotatable bonds is 7. The Hall–Kier alpha value is -0.570. The van der Waals surface area contributed by atoms with Gasteiger partial charge >= 0.3 is 0 Å². The summed E-state index contributed by atoms with van der Waals surface area (Å²) in [5.74, 6) is 2.78. The van der Waals surface area contributed by atoms with E-state index in [1.54, 1.807) is 0 Å². The molecule has 0 heterocycles. The molecule has 3 heteroatoms. The van der Waals surface area contributed by atoms with Crippen LogP contribution in [0.25, 0.3) is 0 Å². The Morgan fingerprint density at radius 2 is 2.06 bits per heavy atom. The number of carbonyl (C=O) groups is 1. The molecule has 1 rings (SSSR count). The van der Waals surface area contributed by atoms with Crippen LogP contribution >= 0.6 is 0 Å². The monoisotopic (exact) mass is 240 g/mol. The van der Waals surface area contributed by atoms with Gasteiger partial charge in [-0.25, -0.2) is 0 Å². The fourth-order valence-corrected chi connectivity index (χ4v) is 2.44. The standard InChI is InChI=1S/C14H28N2O/c1-10(2)5-12(8-15)7-14(17)16(4)9-13-6-11(13)3/h10-13H,5-9,15H2,1-4H3/t11?,12-,13?/m0/s1. The zero-order valence-corrected chi connectivity index (χ0v) is 11.8. The SMILES string of the molecule is CC(C)C[C@H](CN)CC(=O)N(C)CC1CC1C. The number of nitrogens with zero attached hydrogens (tertiary/aromatic N) is 1. The lowest BCUT2D eigenvalue weighted by molar-refractivity contribution is -0.131. The smallest absolute Gasteiger partial charge is 0.222 e. The van der Waals surface area contributed by atoms with E-state index in [0.29, 0.717) is 24.8 Å². The number of hydrogen-bond acceptors (Lipinski definition) is 2. The number of carbonyl (C=O) groups excluding carboxylic acids is 1. The molecular formula is C14H28N2O.